The molecule has 1 fully saturated rings. The number of rotatable bonds is 10. The predicted octanol–water partition coefficient (Wildman–Crippen LogP) is 6.05. The molecule has 0 N–H and O–H groups in total. The first-order valence-corrected chi connectivity index (χ1v) is 10.9. The fourth-order valence-electron chi connectivity index (χ4n) is 3.94. The molecule has 0 heterocycles. The Hall–Kier alpha value is -1.06. The van der Waals surface area contributed by atoms with Gasteiger partial charge in [-0.25, -0.2) is 0 Å². The van der Waals surface area contributed by atoms with Crippen LogP contribution in [0.3, 0.4) is 0 Å². The van der Waals surface area contributed by atoms with Gasteiger partial charge in [-0.1, -0.05) is 58.4 Å². The molecule has 152 valence electrons. The molecule has 0 aliphatic heterocycles. The fraction of sp³-hybridized carbons (Fsp3) is 0.696. The van der Waals surface area contributed by atoms with E-state index in [-0.39, 0.29) is 17.6 Å². The molecule has 4 heteroatoms. The maximum Gasteiger partial charge on any atom is 0.323 e. The van der Waals surface area contributed by atoms with Gasteiger partial charge in [0, 0.05) is 17.1 Å². The van der Waals surface area contributed by atoms with Gasteiger partial charge in [0.2, 0.25) is 0 Å². The number of halogens is 1. The predicted molar refractivity (Wildman–Crippen MR) is 113 cm³/mol. The van der Waals surface area contributed by atoms with E-state index < -0.39 is 0 Å². The monoisotopic (exact) mass is 393 g/mol. The minimum atomic E-state index is -0.196. The van der Waals surface area contributed by atoms with Gasteiger partial charge in [-0.2, -0.15) is 0 Å². The van der Waals surface area contributed by atoms with Crippen LogP contribution in [0.5, 0.6) is 0 Å². The topological polar surface area (TPSA) is 29.5 Å². The van der Waals surface area contributed by atoms with Crippen LogP contribution in [0.1, 0.15) is 72.3 Å². The molecule has 1 saturated carbocycles. The van der Waals surface area contributed by atoms with Crippen LogP contribution in [0.4, 0.5) is 0 Å². The maximum atomic E-state index is 13.0. The van der Waals surface area contributed by atoms with Crippen molar-refractivity contribution in [1.82, 2.24) is 4.90 Å². The van der Waals surface area contributed by atoms with Crippen molar-refractivity contribution < 1.29 is 9.53 Å². The van der Waals surface area contributed by atoms with E-state index in [0.717, 1.165) is 37.3 Å². The van der Waals surface area contributed by atoms with Crippen molar-refractivity contribution in [2.24, 2.45) is 11.8 Å². The van der Waals surface area contributed by atoms with E-state index in [1.807, 2.05) is 12.1 Å². The van der Waals surface area contributed by atoms with Gasteiger partial charge in [-0.05, 0) is 61.6 Å². The first-order valence-electron chi connectivity index (χ1n) is 10.5. The Balaban J connectivity index is 2.32. The summed E-state index contributed by atoms with van der Waals surface area (Å²) < 4.78 is 5.66. The van der Waals surface area contributed by atoms with Crippen molar-refractivity contribution in [1.29, 1.82) is 0 Å². The van der Waals surface area contributed by atoms with E-state index in [2.05, 4.69) is 51.7 Å². The van der Waals surface area contributed by atoms with Gasteiger partial charge in [0.05, 0.1) is 6.61 Å². The van der Waals surface area contributed by atoms with Crippen LogP contribution in [0.15, 0.2) is 24.3 Å². The minimum absolute atomic E-state index is 0.0724. The molecule has 1 aromatic rings. The fourth-order valence-corrected chi connectivity index (χ4v) is 4.06. The number of benzene rings is 1. The summed E-state index contributed by atoms with van der Waals surface area (Å²) in [6.07, 6.45) is 5.20. The SMILES string of the molecule is CCC(C(=O)OCC(C)C)N(CCC(C)C)C1(c2ccc(Cl)cc2)CCC1. The molecule has 1 aliphatic rings. The van der Waals surface area contributed by atoms with Gasteiger partial charge in [-0.15, -0.1) is 0 Å². The highest BCUT2D eigenvalue weighted by atomic mass is 35.5. The third-order valence-electron chi connectivity index (χ3n) is 5.65. The zero-order valence-corrected chi connectivity index (χ0v) is 18.4. The summed E-state index contributed by atoms with van der Waals surface area (Å²) in [5.74, 6) is 0.874. The summed E-state index contributed by atoms with van der Waals surface area (Å²) in [6.45, 7) is 12.1. The molecule has 0 radical (unpaired) electrons. The molecule has 1 aliphatic carbocycles. The molecule has 1 aromatic carbocycles. The average molecular weight is 394 g/mol. The number of carbonyl (C=O) groups excluding carboxylic acids is 1. The summed E-state index contributed by atoms with van der Waals surface area (Å²) in [5.41, 5.74) is 1.20. The van der Waals surface area contributed by atoms with Crippen LogP contribution in [0, 0.1) is 11.8 Å². The molecule has 3 nitrogen and oxygen atoms in total. The highest BCUT2D eigenvalue weighted by Crippen LogP contribution is 2.48. The van der Waals surface area contributed by atoms with Crippen LogP contribution in [-0.2, 0) is 15.1 Å². The van der Waals surface area contributed by atoms with Crippen molar-refractivity contribution in [2.75, 3.05) is 13.2 Å². The second-order valence-corrected chi connectivity index (χ2v) is 9.15. The summed E-state index contributed by atoms with van der Waals surface area (Å²) in [7, 11) is 0. The Labute approximate surface area is 170 Å². The normalized spacial score (nSPS) is 17.2. The number of nitrogens with zero attached hydrogens (tertiary/aromatic N) is 1. The molecule has 0 spiro atoms. The molecular formula is C23H36ClNO2. The molecule has 0 aromatic heterocycles. The van der Waals surface area contributed by atoms with Crippen LogP contribution in [0.2, 0.25) is 5.02 Å². The molecule has 0 amide bonds. The highest BCUT2D eigenvalue weighted by molar-refractivity contribution is 6.30. The third-order valence-corrected chi connectivity index (χ3v) is 5.91. The molecule has 2 rings (SSSR count). The van der Waals surface area contributed by atoms with Gasteiger partial charge in [0.15, 0.2) is 0 Å². The van der Waals surface area contributed by atoms with E-state index in [0.29, 0.717) is 18.4 Å². The Morgan fingerprint density at radius 1 is 1.15 bits per heavy atom. The van der Waals surface area contributed by atoms with Crippen molar-refractivity contribution in [3.05, 3.63) is 34.9 Å². The van der Waals surface area contributed by atoms with Crippen molar-refractivity contribution in [3.63, 3.8) is 0 Å². The minimum Gasteiger partial charge on any atom is -0.464 e. The number of ether oxygens (including phenoxy) is 1. The smallest absolute Gasteiger partial charge is 0.323 e. The second kappa shape index (κ2) is 9.93. The Morgan fingerprint density at radius 2 is 1.78 bits per heavy atom. The lowest BCUT2D eigenvalue weighted by molar-refractivity contribution is -0.157. The van der Waals surface area contributed by atoms with E-state index in [9.17, 15) is 4.79 Å². The number of esters is 1. The lowest BCUT2D eigenvalue weighted by Crippen LogP contribution is -2.58. The summed E-state index contributed by atoms with van der Waals surface area (Å²) in [5, 5.41) is 0.755. The zero-order chi connectivity index (χ0) is 20.0. The Kier molecular flexibility index (Phi) is 8.18. The zero-order valence-electron chi connectivity index (χ0n) is 17.6. The number of carbonyl (C=O) groups is 1. The molecule has 1 unspecified atom stereocenters. The van der Waals surface area contributed by atoms with E-state index >= 15 is 0 Å². The molecule has 27 heavy (non-hydrogen) atoms. The van der Waals surface area contributed by atoms with Crippen LogP contribution in [0.25, 0.3) is 0 Å². The van der Waals surface area contributed by atoms with Crippen molar-refractivity contribution in [3.8, 4) is 0 Å². The second-order valence-electron chi connectivity index (χ2n) is 8.72. The standard InChI is InChI=1S/C23H36ClNO2/c1-6-21(22(26)27-16-18(4)5)25(15-12-17(2)3)23(13-7-14-23)19-8-10-20(24)11-9-19/h8-11,17-18,21H,6-7,12-16H2,1-5H3. The Bertz CT molecular complexity index is 593. The van der Waals surface area contributed by atoms with E-state index in [4.69, 9.17) is 16.3 Å². The maximum absolute atomic E-state index is 13.0. The summed E-state index contributed by atoms with van der Waals surface area (Å²) in [4.78, 5) is 15.4. The van der Waals surface area contributed by atoms with Gasteiger partial charge in [0.25, 0.3) is 0 Å². The van der Waals surface area contributed by atoms with Gasteiger partial charge in [0.1, 0.15) is 6.04 Å². The molecular weight excluding hydrogens is 358 g/mol. The highest BCUT2D eigenvalue weighted by Gasteiger charge is 2.47. The molecule has 1 atom stereocenters. The third kappa shape index (κ3) is 5.48. The Morgan fingerprint density at radius 3 is 2.22 bits per heavy atom. The van der Waals surface area contributed by atoms with Crippen LogP contribution >= 0.6 is 11.6 Å². The number of hydrogen-bond donors (Lipinski definition) is 0. The largest absolute Gasteiger partial charge is 0.464 e. The number of hydrogen-bond acceptors (Lipinski definition) is 3. The van der Waals surface area contributed by atoms with E-state index in [1.54, 1.807) is 0 Å². The van der Waals surface area contributed by atoms with Gasteiger partial charge in [-0.3, -0.25) is 9.69 Å². The lowest BCUT2D eigenvalue weighted by Gasteiger charge is -2.53. The average Bonchev–Trinajstić information content (AvgIpc) is 2.58. The molecule has 0 saturated heterocycles. The quantitative estimate of drug-likeness (QED) is 0.453. The van der Waals surface area contributed by atoms with E-state index in [1.165, 1.54) is 12.0 Å². The van der Waals surface area contributed by atoms with Crippen molar-refractivity contribution >= 4 is 17.6 Å². The van der Waals surface area contributed by atoms with Crippen LogP contribution < -0.4 is 0 Å². The van der Waals surface area contributed by atoms with Gasteiger partial charge < -0.3 is 4.74 Å². The van der Waals surface area contributed by atoms with Crippen molar-refractivity contribution in [2.45, 2.75) is 78.3 Å². The molecule has 0 bridgehead atoms. The summed E-state index contributed by atoms with van der Waals surface area (Å²) in [6, 6.07) is 8.01. The summed E-state index contributed by atoms with van der Waals surface area (Å²) >= 11 is 6.13. The lowest BCUT2D eigenvalue weighted by atomic mass is 9.69. The first kappa shape index (κ1) is 22.2. The van der Waals surface area contributed by atoms with Gasteiger partial charge >= 0.3 is 5.97 Å². The first-order chi connectivity index (χ1) is 12.8. The van der Waals surface area contributed by atoms with Crippen LogP contribution in [-0.4, -0.2) is 30.1 Å².